The van der Waals surface area contributed by atoms with Gasteiger partial charge in [-0.2, -0.15) is 0 Å². The Hall–Kier alpha value is -2.97. The summed E-state index contributed by atoms with van der Waals surface area (Å²) in [5.41, 5.74) is 12.6. The molecule has 0 atom stereocenters. The number of allylic oxidation sites excluding steroid dienone is 6. The van der Waals surface area contributed by atoms with E-state index in [2.05, 4.69) is 49.6 Å². The number of hydrogen-bond acceptors (Lipinski definition) is 9. The Balaban J connectivity index is 1.43. The van der Waals surface area contributed by atoms with E-state index in [4.69, 9.17) is 14.5 Å². The van der Waals surface area contributed by atoms with Crippen molar-refractivity contribution in [1.29, 1.82) is 0 Å². The molecule has 0 saturated carbocycles. The summed E-state index contributed by atoms with van der Waals surface area (Å²) < 4.78 is 0. The minimum atomic E-state index is 0.113. The average molecular weight is 625 g/mol. The first-order valence-corrected chi connectivity index (χ1v) is 18.5. The molecule has 3 aliphatic carbocycles. The zero-order valence-electron chi connectivity index (χ0n) is 27.9. The highest BCUT2D eigenvalue weighted by Crippen LogP contribution is 2.20. The van der Waals surface area contributed by atoms with E-state index in [0.29, 0.717) is 0 Å². The first-order chi connectivity index (χ1) is 22.3. The molecule has 9 nitrogen and oxygen atoms in total. The largest absolute Gasteiger partial charge is 0.352 e. The van der Waals surface area contributed by atoms with Gasteiger partial charge in [-0.05, 0) is 77.0 Å². The van der Waals surface area contributed by atoms with Crippen molar-refractivity contribution in [2.24, 2.45) is 0 Å². The molecule has 1 aromatic heterocycles. The van der Waals surface area contributed by atoms with Gasteiger partial charge >= 0.3 is 18.0 Å². The number of aromatic nitrogens is 3. The molecule has 0 aliphatic heterocycles. The molecule has 0 saturated heterocycles. The summed E-state index contributed by atoms with van der Waals surface area (Å²) in [7, 11) is 0. The van der Waals surface area contributed by atoms with Crippen LogP contribution in [0.3, 0.4) is 0 Å². The van der Waals surface area contributed by atoms with Gasteiger partial charge in [0, 0.05) is 17.1 Å². The Kier molecular flexibility index (Phi) is 17.5. The Morgan fingerprint density at radius 3 is 0.867 bits per heavy atom. The lowest BCUT2D eigenvalue weighted by Gasteiger charge is -2.15. The van der Waals surface area contributed by atoms with Crippen molar-refractivity contribution in [3.05, 3.63) is 35.3 Å². The predicted molar refractivity (Wildman–Crippen MR) is 180 cm³/mol. The molecule has 252 valence electrons. The summed E-state index contributed by atoms with van der Waals surface area (Å²) in [4.78, 5) is 31.2. The van der Waals surface area contributed by atoms with E-state index in [9.17, 15) is 0 Å². The first-order valence-electron chi connectivity index (χ1n) is 18.5. The van der Waals surface area contributed by atoms with Crippen LogP contribution in [-0.4, -0.2) is 15.0 Å². The molecule has 0 fully saturated rings. The second kappa shape index (κ2) is 22.5. The molecule has 1 heterocycles. The molecular weight excluding hydrogens is 564 g/mol. The highest BCUT2D eigenvalue weighted by molar-refractivity contribution is 5.11. The normalized spacial score (nSPS) is 20.7. The fraction of sp³-hybridized carbons (Fsp3) is 0.750. The molecule has 9 heteroatoms. The van der Waals surface area contributed by atoms with E-state index in [1.165, 1.54) is 116 Å². The van der Waals surface area contributed by atoms with Gasteiger partial charge in [0.1, 0.15) is 0 Å². The smallest absolute Gasteiger partial charge is 0.340 e. The molecule has 1 aromatic rings. The lowest BCUT2D eigenvalue weighted by atomic mass is 10.1. The van der Waals surface area contributed by atoms with E-state index < -0.39 is 0 Å². The third-order valence-corrected chi connectivity index (χ3v) is 9.02. The van der Waals surface area contributed by atoms with Crippen molar-refractivity contribution in [2.75, 3.05) is 0 Å². The third-order valence-electron chi connectivity index (χ3n) is 9.02. The molecule has 0 spiro atoms. The van der Waals surface area contributed by atoms with Crippen molar-refractivity contribution in [3.8, 4) is 18.0 Å². The van der Waals surface area contributed by atoms with Gasteiger partial charge in [0.05, 0.1) is 0 Å². The van der Waals surface area contributed by atoms with Crippen LogP contribution in [-0.2, 0) is 0 Å². The fourth-order valence-corrected chi connectivity index (χ4v) is 6.24. The maximum atomic E-state index is 5.95. The zero-order valence-corrected chi connectivity index (χ0v) is 27.9. The number of rotatable bonds is 9. The maximum Gasteiger partial charge on any atom is 0.352 e. The number of hydroxylamine groups is 3. The minimum absolute atomic E-state index is 0.113. The topological polar surface area (TPSA) is 102 Å². The molecule has 3 aliphatic rings. The van der Waals surface area contributed by atoms with Gasteiger partial charge in [0.15, 0.2) is 0 Å². The van der Waals surface area contributed by atoms with Crippen molar-refractivity contribution >= 4 is 0 Å². The quantitative estimate of drug-likeness (QED) is 0.232. The standard InChI is InChI=1S/C36H60N6O3/c1-2-8-14-20-26-31(25-19-13-7-1)40-43-34-37-35(44-41-32-27-21-15-9-3-4-10-16-22-28-32)39-36(38-34)45-42-33-29-23-17-11-5-6-12-18-24-30-33/h25,27,29,40-42H,1-24,26,28,30H2. The van der Waals surface area contributed by atoms with E-state index >= 15 is 0 Å². The van der Waals surface area contributed by atoms with Gasteiger partial charge in [0.2, 0.25) is 0 Å². The van der Waals surface area contributed by atoms with Crippen LogP contribution in [0.15, 0.2) is 35.3 Å². The molecule has 45 heavy (non-hydrogen) atoms. The Labute approximate surface area is 272 Å². The first kappa shape index (κ1) is 34.9. The second-order valence-electron chi connectivity index (χ2n) is 13.0. The van der Waals surface area contributed by atoms with Crippen LogP contribution in [0.25, 0.3) is 0 Å². The van der Waals surface area contributed by atoms with Crippen LogP contribution in [0.2, 0.25) is 0 Å². The summed E-state index contributed by atoms with van der Waals surface area (Å²) in [6, 6.07) is 0.338. The van der Waals surface area contributed by atoms with Gasteiger partial charge in [-0.3, -0.25) is 0 Å². The molecule has 0 amide bonds. The Morgan fingerprint density at radius 2 is 0.578 bits per heavy atom. The predicted octanol–water partition coefficient (Wildman–Crippen LogP) is 9.75. The Morgan fingerprint density at radius 1 is 0.333 bits per heavy atom. The maximum absolute atomic E-state index is 5.95. The van der Waals surface area contributed by atoms with Crippen molar-refractivity contribution in [3.63, 3.8) is 0 Å². The minimum Gasteiger partial charge on any atom is -0.340 e. The summed E-state index contributed by atoms with van der Waals surface area (Å²) in [5.74, 6) is 0. The molecule has 3 N–H and O–H groups in total. The second-order valence-corrected chi connectivity index (χ2v) is 13.0. The zero-order chi connectivity index (χ0) is 31.0. The number of hydrogen-bond donors (Lipinski definition) is 3. The van der Waals surface area contributed by atoms with Crippen molar-refractivity contribution in [1.82, 2.24) is 31.4 Å². The number of nitrogens with one attached hydrogen (secondary N) is 3. The van der Waals surface area contributed by atoms with Gasteiger partial charge < -0.3 is 14.5 Å². The van der Waals surface area contributed by atoms with Crippen LogP contribution < -0.4 is 31.0 Å². The molecule has 0 aromatic carbocycles. The van der Waals surface area contributed by atoms with Gasteiger partial charge in [0.25, 0.3) is 0 Å². The summed E-state index contributed by atoms with van der Waals surface area (Å²) in [6.45, 7) is 0. The lowest BCUT2D eigenvalue weighted by Crippen LogP contribution is -2.24. The highest BCUT2D eigenvalue weighted by atomic mass is 16.7. The molecule has 0 radical (unpaired) electrons. The summed E-state index contributed by atoms with van der Waals surface area (Å²) in [6.07, 6.45) is 39.3. The van der Waals surface area contributed by atoms with Crippen LogP contribution >= 0.6 is 0 Å². The highest BCUT2D eigenvalue weighted by Gasteiger charge is 2.14. The van der Waals surface area contributed by atoms with E-state index in [1.54, 1.807) is 0 Å². The summed E-state index contributed by atoms with van der Waals surface area (Å²) in [5, 5.41) is 0. The summed E-state index contributed by atoms with van der Waals surface area (Å²) >= 11 is 0. The van der Waals surface area contributed by atoms with Crippen molar-refractivity contribution < 1.29 is 14.5 Å². The third kappa shape index (κ3) is 15.7. The lowest BCUT2D eigenvalue weighted by molar-refractivity contribution is 0.155. The van der Waals surface area contributed by atoms with E-state index in [0.717, 1.165) is 74.9 Å². The van der Waals surface area contributed by atoms with E-state index in [-0.39, 0.29) is 18.0 Å². The van der Waals surface area contributed by atoms with Gasteiger partial charge in [-0.1, -0.05) is 115 Å². The van der Waals surface area contributed by atoms with Crippen LogP contribution in [0.4, 0.5) is 0 Å². The van der Waals surface area contributed by atoms with Crippen LogP contribution in [0.5, 0.6) is 18.0 Å². The van der Waals surface area contributed by atoms with Crippen molar-refractivity contribution in [2.45, 2.75) is 173 Å². The average Bonchev–Trinajstić information content (AvgIpc) is 3.20. The molecule has 4 rings (SSSR count). The Bertz CT molecular complexity index is 903. The van der Waals surface area contributed by atoms with Crippen LogP contribution in [0.1, 0.15) is 173 Å². The number of nitrogens with zero attached hydrogens (tertiary/aromatic N) is 3. The van der Waals surface area contributed by atoms with Crippen LogP contribution in [0, 0.1) is 0 Å². The SMILES string of the molecule is C1=C(NOc2nc(ONC3=CCCCCCCCCC3)nc(ONC3=CCCCCCCCCC3)n2)CCCCCCCCC1. The van der Waals surface area contributed by atoms with Gasteiger partial charge in [-0.25, -0.2) is 16.4 Å². The molecule has 0 bridgehead atoms. The fourth-order valence-electron chi connectivity index (χ4n) is 6.24. The molecule has 0 unspecified atom stereocenters. The van der Waals surface area contributed by atoms with E-state index in [1.807, 2.05) is 0 Å². The van der Waals surface area contributed by atoms with Gasteiger partial charge in [-0.15, -0.1) is 15.0 Å². The molecular formula is C36H60N6O3. The monoisotopic (exact) mass is 624 g/mol.